The second kappa shape index (κ2) is 10.8. The summed E-state index contributed by atoms with van der Waals surface area (Å²) < 4.78 is 1.21. The fourth-order valence-corrected chi connectivity index (χ4v) is 4.47. The molecule has 0 aliphatic carbocycles. The lowest BCUT2D eigenvalue weighted by molar-refractivity contribution is 0.281. The lowest BCUT2D eigenvalue weighted by atomic mass is 9.79. The Kier molecular flexibility index (Phi) is 8.07. The van der Waals surface area contributed by atoms with Crippen molar-refractivity contribution in [3.8, 4) is 12.1 Å². The van der Waals surface area contributed by atoms with Gasteiger partial charge in [-0.15, -0.1) is 0 Å². The van der Waals surface area contributed by atoms with Crippen LogP contribution < -0.4 is 5.32 Å². The summed E-state index contributed by atoms with van der Waals surface area (Å²) in [6, 6.07) is 31.4. The van der Waals surface area contributed by atoms with Gasteiger partial charge in [-0.3, -0.25) is 0 Å². The number of benzene rings is 3. The number of nitrogens with zero attached hydrogens (tertiary/aromatic N) is 2. The summed E-state index contributed by atoms with van der Waals surface area (Å²) in [4.78, 5) is 0. The van der Waals surface area contributed by atoms with Crippen LogP contribution in [0.4, 0.5) is 0 Å². The molecule has 3 rings (SSSR count). The zero-order valence-corrected chi connectivity index (χ0v) is 20.9. The molecule has 0 heterocycles. The molecule has 0 saturated heterocycles. The SMILES string of the molecule is C[C@H](NC(c1ccccc1)C(C)(C)C#N)[C@@H](Cc1ccc(I)cc1)c1cccc(C#N)c1. The summed E-state index contributed by atoms with van der Waals surface area (Å²) in [6.45, 7) is 6.14. The standard InChI is InChI=1S/C28H28IN3/c1-20(32-27(28(2,3)19-31)23-9-5-4-6-10-23)26(17-21-12-14-25(29)15-13-21)24-11-7-8-22(16-24)18-30/h4-16,20,26-27,32H,17H2,1-3H3/t20-,26+,27?/m0/s1. The van der Waals surface area contributed by atoms with E-state index in [-0.39, 0.29) is 18.0 Å². The third kappa shape index (κ3) is 5.97. The number of hydrogen-bond acceptors (Lipinski definition) is 3. The molecule has 1 N–H and O–H groups in total. The first-order chi connectivity index (χ1) is 15.3. The van der Waals surface area contributed by atoms with E-state index in [1.54, 1.807) is 0 Å². The number of nitriles is 2. The predicted molar refractivity (Wildman–Crippen MR) is 138 cm³/mol. The van der Waals surface area contributed by atoms with Crippen molar-refractivity contribution in [1.82, 2.24) is 5.32 Å². The summed E-state index contributed by atoms with van der Waals surface area (Å²) in [6.07, 6.45) is 0.842. The van der Waals surface area contributed by atoms with Crippen LogP contribution in [-0.2, 0) is 6.42 Å². The van der Waals surface area contributed by atoms with Crippen molar-refractivity contribution in [3.05, 3.63) is 105 Å². The Balaban J connectivity index is 1.97. The highest BCUT2D eigenvalue weighted by atomic mass is 127. The molecule has 0 aromatic heterocycles. The van der Waals surface area contributed by atoms with Gasteiger partial charge in [0.05, 0.1) is 29.2 Å². The first kappa shape index (κ1) is 24.0. The predicted octanol–water partition coefficient (Wildman–Crippen LogP) is 6.76. The molecule has 3 aromatic carbocycles. The highest BCUT2D eigenvalue weighted by Crippen LogP contribution is 2.35. The van der Waals surface area contributed by atoms with E-state index in [4.69, 9.17) is 0 Å². The van der Waals surface area contributed by atoms with E-state index in [1.165, 1.54) is 9.13 Å². The highest BCUT2D eigenvalue weighted by molar-refractivity contribution is 14.1. The maximum absolute atomic E-state index is 9.90. The fourth-order valence-electron chi connectivity index (χ4n) is 4.11. The summed E-state index contributed by atoms with van der Waals surface area (Å²) in [5, 5.41) is 23.1. The number of halogens is 1. The van der Waals surface area contributed by atoms with Crippen LogP contribution in [0.25, 0.3) is 0 Å². The summed E-state index contributed by atoms with van der Waals surface area (Å²) in [5.41, 5.74) is 3.56. The van der Waals surface area contributed by atoms with Gasteiger partial charge in [0, 0.05) is 15.5 Å². The van der Waals surface area contributed by atoms with Gasteiger partial charge >= 0.3 is 0 Å². The van der Waals surface area contributed by atoms with Gasteiger partial charge in [0.1, 0.15) is 0 Å². The Morgan fingerprint density at radius 2 is 1.56 bits per heavy atom. The Bertz CT molecular complexity index is 1110. The molecule has 3 aromatic rings. The van der Waals surface area contributed by atoms with Crippen LogP contribution in [-0.4, -0.2) is 6.04 Å². The lowest BCUT2D eigenvalue weighted by Crippen LogP contribution is -2.42. The van der Waals surface area contributed by atoms with Crippen molar-refractivity contribution in [2.75, 3.05) is 0 Å². The van der Waals surface area contributed by atoms with Crippen LogP contribution in [0.3, 0.4) is 0 Å². The third-order valence-electron chi connectivity index (χ3n) is 5.99. The topological polar surface area (TPSA) is 59.6 Å². The molecule has 4 heteroatoms. The Labute approximate surface area is 205 Å². The maximum atomic E-state index is 9.90. The summed E-state index contributed by atoms with van der Waals surface area (Å²) in [7, 11) is 0. The van der Waals surface area contributed by atoms with E-state index in [0.717, 1.165) is 17.5 Å². The summed E-state index contributed by atoms with van der Waals surface area (Å²) in [5.74, 6) is 0.143. The first-order valence-electron chi connectivity index (χ1n) is 10.8. The molecule has 0 aliphatic heterocycles. The fraction of sp³-hybridized carbons (Fsp3) is 0.286. The molecular weight excluding hydrogens is 505 g/mol. The van der Waals surface area contributed by atoms with Gasteiger partial charge in [0.2, 0.25) is 0 Å². The molecule has 0 radical (unpaired) electrons. The molecule has 0 aliphatic rings. The van der Waals surface area contributed by atoms with Gasteiger partial charge in [-0.05, 0) is 90.7 Å². The second-order valence-electron chi connectivity index (χ2n) is 8.81. The average Bonchev–Trinajstić information content (AvgIpc) is 2.82. The van der Waals surface area contributed by atoms with Gasteiger partial charge in [-0.25, -0.2) is 0 Å². The molecule has 0 fully saturated rings. The van der Waals surface area contributed by atoms with E-state index in [9.17, 15) is 10.5 Å². The van der Waals surface area contributed by atoms with Crippen LogP contribution in [0.15, 0.2) is 78.9 Å². The second-order valence-corrected chi connectivity index (χ2v) is 10.1. The van der Waals surface area contributed by atoms with Gasteiger partial charge in [0.15, 0.2) is 0 Å². The average molecular weight is 533 g/mol. The minimum Gasteiger partial charge on any atom is -0.305 e. The van der Waals surface area contributed by atoms with Gasteiger partial charge < -0.3 is 5.32 Å². The molecule has 0 saturated carbocycles. The Hall–Kier alpha value is -2.67. The molecule has 0 spiro atoms. The van der Waals surface area contributed by atoms with Crippen molar-refractivity contribution in [3.63, 3.8) is 0 Å². The molecule has 0 amide bonds. The van der Waals surface area contributed by atoms with Crippen molar-refractivity contribution >= 4 is 22.6 Å². The van der Waals surface area contributed by atoms with Gasteiger partial charge in [0.25, 0.3) is 0 Å². The number of hydrogen-bond donors (Lipinski definition) is 1. The van der Waals surface area contributed by atoms with Crippen LogP contribution in [0, 0.1) is 31.6 Å². The van der Waals surface area contributed by atoms with E-state index < -0.39 is 5.41 Å². The Morgan fingerprint density at radius 1 is 0.906 bits per heavy atom. The minimum absolute atomic E-state index is 0.0704. The van der Waals surface area contributed by atoms with Crippen molar-refractivity contribution in [2.24, 2.45) is 5.41 Å². The molecule has 3 nitrogen and oxygen atoms in total. The van der Waals surface area contributed by atoms with Crippen LogP contribution >= 0.6 is 22.6 Å². The van der Waals surface area contributed by atoms with Crippen molar-refractivity contribution in [1.29, 1.82) is 10.5 Å². The molecule has 3 atom stereocenters. The summed E-state index contributed by atoms with van der Waals surface area (Å²) >= 11 is 2.32. The number of rotatable bonds is 8. The smallest absolute Gasteiger partial charge is 0.0991 e. The first-order valence-corrected chi connectivity index (χ1v) is 11.9. The number of nitrogens with one attached hydrogen (secondary N) is 1. The van der Waals surface area contributed by atoms with Crippen molar-refractivity contribution in [2.45, 2.75) is 45.2 Å². The molecule has 1 unspecified atom stereocenters. The normalized spacial score (nSPS) is 14.1. The van der Waals surface area contributed by atoms with Gasteiger partial charge in [-0.2, -0.15) is 10.5 Å². The zero-order chi connectivity index (χ0) is 23.1. The van der Waals surface area contributed by atoms with E-state index >= 15 is 0 Å². The van der Waals surface area contributed by atoms with E-state index in [0.29, 0.717) is 5.56 Å². The minimum atomic E-state index is -0.586. The quantitative estimate of drug-likeness (QED) is 0.326. The van der Waals surface area contributed by atoms with Gasteiger partial charge in [-0.1, -0.05) is 54.6 Å². The molecule has 162 valence electrons. The molecular formula is C28H28IN3. The maximum Gasteiger partial charge on any atom is 0.0991 e. The lowest BCUT2D eigenvalue weighted by Gasteiger charge is -2.35. The Morgan fingerprint density at radius 3 is 2.19 bits per heavy atom. The largest absolute Gasteiger partial charge is 0.305 e. The monoisotopic (exact) mass is 533 g/mol. The van der Waals surface area contributed by atoms with E-state index in [2.05, 4.69) is 89.4 Å². The zero-order valence-electron chi connectivity index (χ0n) is 18.7. The van der Waals surface area contributed by atoms with Crippen molar-refractivity contribution < 1.29 is 0 Å². The van der Waals surface area contributed by atoms with Crippen LogP contribution in [0.5, 0.6) is 0 Å². The molecule has 0 bridgehead atoms. The third-order valence-corrected chi connectivity index (χ3v) is 6.71. The van der Waals surface area contributed by atoms with Crippen LogP contribution in [0.2, 0.25) is 0 Å². The van der Waals surface area contributed by atoms with E-state index in [1.807, 2.05) is 50.2 Å². The highest BCUT2D eigenvalue weighted by Gasteiger charge is 2.33. The van der Waals surface area contributed by atoms with Crippen LogP contribution in [0.1, 0.15) is 55.0 Å². The molecule has 32 heavy (non-hydrogen) atoms.